The summed E-state index contributed by atoms with van der Waals surface area (Å²) < 4.78 is 5.50. The average molecular weight is 328 g/mol. The molecule has 0 spiro atoms. The second-order valence-corrected chi connectivity index (χ2v) is 6.03. The molecular formula is C19H24N2OS. The zero-order chi connectivity index (χ0) is 16.8. The predicted octanol–water partition coefficient (Wildman–Crippen LogP) is 4.75. The number of hydrogen-bond acceptors (Lipinski definition) is 2. The summed E-state index contributed by atoms with van der Waals surface area (Å²) in [6.07, 6.45) is 0. The third-order valence-electron chi connectivity index (χ3n) is 3.78. The molecule has 3 nitrogen and oxygen atoms in total. The molecule has 2 aromatic carbocycles. The number of anilines is 1. The van der Waals surface area contributed by atoms with Crippen LogP contribution in [0.25, 0.3) is 0 Å². The van der Waals surface area contributed by atoms with Crippen molar-refractivity contribution in [1.82, 2.24) is 5.32 Å². The first kappa shape index (κ1) is 17.3. The van der Waals surface area contributed by atoms with Crippen molar-refractivity contribution in [1.29, 1.82) is 0 Å². The van der Waals surface area contributed by atoms with Crippen molar-refractivity contribution in [2.75, 3.05) is 11.9 Å². The quantitative estimate of drug-likeness (QED) is 0.776. The minimum atomic E-state index is 0.143. The van der Waals surface area contributed by atoms with Gasteiger partial charge in [0.2, 0.25) is 0 Å². The van der Waals surface area contributed by atoms with Gasteiger partial charge in [0.25, 0.3) is 0 Å². The van der Waals surface area contributed by atoms with Gasteiger partial charge >= 0.3 is 0 Å². The summed E-state index contributed by atoms with van der Waals surface area (Å²) in [5.41, 5.74) is 4.73. The van der Waals surface area contributed by atoms with Gasteiger partial charge in [-0.25, -0.2) is 0 Å². The van der Waals surface area contributed by atoms with Gasteiger partial charge in [0.05, 0.1) is 12.6 Å². The van der Waals surface area contributed by atoms with Gasteiger partial charge in [0, 0.05) is 11.8 Å². The number of rotatable bonds is 5. The fraction of sp³-hybridized carbons (Fsp3) is 0.316. The Balaban J connectivity index is 1.98. The molecular weight excluding hydrogens is 304 g/mol. The molecule has 0 aromatic heterocycles. The average Bonchev–Trinajstić information content (AvgIpc) is 2.50. The Morgan fingerprint density at radius 1 is 1.13 bits per heavy atom. The van der Waals surface area contributed by atoms with Gasteiger partial charge in [-0.15, -0.1) is 0 Å². The van der Waals surface area contributed by atoms with Gasteiger partial charge in [-0.3, -0.25) is 0 Å². The van der Waals surface area contributed by atoms with E-state index in [1.807, 2.05) is 31.2 Å². The highest BCUT2D eigenvalue weighted by atomic mass is 32.1. The minimum Gasteiger partial charge on any atom is -0.494 e. The van der Waals surface area contributed by atoms with Crippen molar-refractivity contribution < 1.29 is 4.74 Å². The molecule has 0 radical (unpaired) electrons. The third-order valence-corrected chi connectivity index (χ3v) is 4.00. The molecule has 2 rings (SSSR count). The summed E-state index contributed by atoms with van der Waals surface area (Å²) in [6.45, 7) is 8.97. The molecule has 0 aliphatic heterocycles. The van der Waals surface area contributed by atoms with Crippen molar-refractivity contribution in [3.05, 3.63) is 59.2 Å². The second kappa shape index (κ2) is 7.97. The SMILES string of the molecule is CCOc1cccc(NC(=S)N[C@@H](C)c2ccc(C)c(C)c2)c1. The van der Waals surface area contributed by atoms with E-state index in [2.05, 4.69) is 49.6 Å². The lowest BCUT2D eigenvalue weighted by Crippen LogP contribution is -2.30. The smallest absolute Gasteiger partial charge is 0.171 e. The van der Waals surface area contributed by atoms with Crippen molar-refractivity contribution in [2.45, 2.75) is 33.7 Å². The van der Waals surface area contributed by atoms with Gasteiger partial charge in [-0.1, -0.05) is 24.3 Å². The first-order valence-corrected chi connectivity index (χ1v) is 8.28. The maximum atomic E-state index is 5.50. The summed E-state index contributed by atoms with van der Waals surface area (Å²) in [5.74, 6) is 0.836. The number of ether oxygens (including phenoxy) is 1. The molecule has 122 valence electrons. The van der Waals surface area contributed by atoms with E-state index >= 15 is 0 Å². The molecule has 0 amide bonds. The maximum Gasteiger partial charge on any atom is 0.171 e. The Kier molecular flexibility index (Phi) is 5.99. The lowest BCUT2D eigenvalue weighted by Gasteiger charge is -2.18. The normalized spacial score (nSPS) is 11.7. The molecule has 0 saturated carbocycles. The van der Waals surface area contributed by atoms with Crippen LogP contribution in [0.15, 0.2) is 42.5 Å². The predicted molar refractivity (Wildman–Crippen MR) is 101 cm³/mol. The minimum absolute atomic E-state index is 0.143. The van der Waals surface area contributed by atoms with Crippen LogP contribution in [0, 0.1) is 13.8 Å². The van der Waals surface area contributed by atoms with Crippen LogP contribution < -0.4 is 15.4 Å². The summed E-state index contributed by atoms with van der Waals surface area (Å²) in [5, 5.41) is 7.13. The van der Waals surface area contributed by atoms with Crippen LogP contribution in [0.2, 0.25) is 0 Å². The summed E-state index contributed by atoms with van der Waals surface area (Å²) in [6, 6.07) is 14.4. The van der Waals surface area contributed by atoms with Crippen molar-refractivity contribution in [2.24, 2.45) is 0 Å². The van der Waals surface area contributed by atoms with E-state index < -0.39 is 0 Å². The van der Waals surface area contributed by atoms with Crippen LogP contribution in [0.3, 0.4) is 0 Å². The monoisotopic (exact) mass is 328 g/mol. The van der Waals surface area contributed by atoms with Crippen LogP contribution in [0.1, 0.15) is 36.6 Å². The van der Waals surface area contributed by atoms with Gasteiger partial charge in [-0.05, 0) is 68.7 Å². The van der Waals surface area contributed by atoms with Gasteiger partial charge < -0.3 is 15.4 Å². The topological polar surface area (TPSA) is 33.3 Å². The standard InChI is InChI=1S/C19H24N2OS/c1-5-22-18-8-6-7-17(12-18)21-19(23)20-15(4)16-10-9-13(2)14(3)11-16/h6-12,15H,5H2,1-4H3,(H2,20,21,23)/t15-/m0/s1. The Morgan fingerprint density at radius 2 is 1.91 bits per heavy atom. The Bertz CT molecular complexity index is 685. The van der Waals surface area contributed by atoms with E-state index in [0.717, 1.165) is 11.4 Å². The van der Waals surface area contributed by atoms with Gasteiger partial charge in [0.15, 0.2) is 5.11 Å². The molecule has 0 saturated heterocycles. The molecule has 23 heavy (non-hydrogen) atoms. The van der Waals surface area contributed by atoms with Crippen LogP contribution in [0.4, 0.5) is 5.69 Å². The van der Waals surface area contributed by atoms with E-state index in [4.69, 9.17) is 17.0 Å². The molecule has 2 aromatic rings. The largest absolute Gasteiger partial charge is 0.494 e. The van der Waals surface area contributed by atoms with Gasteiger partial charge in [0.1, 0.15) is 5.75 Å². The van der Waals surface area contributed by atoms with Crippen LogP contribution >= 0.6 is 12.2 Å². The molecule has 0 unspecified atom stereocenters. The van der Waals surface area contributed by atoms with E-state index in [-0.39, 0.29) is 6.04 Å². The lowest BCUT2D eigenvalue weighted by molar-refractivity contribution is 0.340. The van der Waals surface area contributed by atoms with E-state index in [1.165, 1.54) is 16.7 Å². The summed E-state index contributed by atoms with van der Waals surface area (Å²) >= 11 is 5.42. The second-order valence-electron chi connectivity index (χ2n) is 5.62. The highest BCUT2D eigenvalue weighted by Gasteiger charge is 2.08. The van der Waals surface area contributed by atoms with Crippen LogP contribution in [-0.4, -0.2) is 11.7 Å². The zero-order valence-electron chi connectivity index (χ0n) is 14.1. The van der Waals surface area contributed by atoms with Crippen molar-refractivity contribution >= 4 is 23.0 Å². The van der Waals surface area contributed by atoms with Crippen molar-refractivity contribution in [3.8, 4) is 5.75 Å². The fourth-order valence-electron chi connectivity index (χ4n) is 2.31. The number of thiocarbonyl (C=S) groups is 1. The third kappa shape index (κ3) is 4.96. The number of benzene rings is 2. The Labute approximate surface area is 144 Å². The molecule has 0 heterocycles. The highest BCUT2D eigenvalue weighted by molar-refractivity contribution is 7.80. The van der Waals surface area contributed by atoms with Crippen molar-refractivity contribution in [3.63, 3.8) is 0 Å². The molecule has 0 fully saturated rings. The summed E-state index contributed by atoms with van der Waals surface area (Å²) in [4.78, 5) is 0. The van der Waals surface area contributed by atoms with E-state index in [9.17, 15) is 0 Å². The highest BCUT2D eigenvalue weighted by Crippen LogP contribution is 2.19. The van der Waals surface area contributed by atoms with E-state index in [1.54, 1.807) is 0 Å². The van der Waals surface area contributed by atoms with E-state index in [0.29, 0.717) is 11.7 Å². The maximum absolute atomic E-state index is 5.50. The van der Waals surface area contributed by atoms with Gasteiger partial charge in [-0.2, -0.15) is 0 Å². The molecule has 0 aliphatic rings. The zero-order valence-corrected chi connectivity index (χ0v) is 15.0. The Hall–Kier alpha value is -2.07. The molecule has 2 N–H and O–H groups in total. The number of hydrogen-bond donors (Lipinski definition) is 2. The number of nitrogens with one attached hydrogen (secondary N) is 2. The molecule has 0 aliphatic carbocycles. The van der Waals surface area contributed by atoms with Crippen LogP contribution in [-0.2, 0) is 0 Å². The molecule has 0 bridgehead atoms. The Morgan fingerprint density at radius 3 is 2.61 bits per heavy atom. The first-order valence-electron chi connectivity index (χ1n) is 7.87. The first-order chi connectivity index (χ1) is 11.0. The molecule has 1 atom stereocenters. The lowest BCUT2D eigenvalue weighted by atomic mass is 10.0. The molecule has 4 heteroatoms. The number of aryl methyl sites for hydroxylation is 2. The van der Waals surface area contributed by atoms with Crippen LogP contribution in [0.5, 0.6) is 5.75 Å². The fourth-order valence-corrected chi connectivity index (χ4v) is 2.61. The summed E-state index contributed by atoms with van der Waals surface area (Å²) in [7, 11) is 0.